The summed E-state index contributed by atoms with van der Waals surface area (Å²) in [6, 6.07) is 7.96. The zero-order valence-electron chi connectivity index (χ0n) is 8.64. The zero-order chi connectivity index (χ0) is 11.5. The van der Waals surface area contributed by atoms with Crippen molar-refractivity contribution in [3.8, 4) is 22.8 Å². The van der Waals surface area contributed by atoms with Crippen LogP contribution in [0.4, 0.5) is 4.39 Å². The number of rotatable bonds is 2. The fourth-order valence-electron chi connectivity index (χ4n) is 1.41. The first-order chi connectivity index (χ1) is 7.70. The Morgan fingerprint density at radius 1 is 1.31 bits per heavy atom. The quantitative estimate of drug-likeness (QED) is 0.844. The second kappa shape index (κ2) is 4.18. The molecule has 0 radical (unpaired) electrons. The van der Waals surface area contributed by atoms with Crippen molar-refractivity contribution in [2.45, 2.75) is 0 Å². The average Bonchev–Trinajstić information content (AvgIpc) is 2.29. The molecular weight excluding hydrogens is 209 g/mol. The van der Waals surface area contributed by atoms with Crippen LogP contribution in [0.3, 0.4) is 0 Å². The maximum Gasteiger partial charge on any atom is 0.153 e. The third-order valence-electron chi connectivity index (χ3n) is 2.17. The Labute approximate surface area is 92.1 Å². The number of pyridine rings is 1. The van der Waals surface area contributed by atoms with E-state index in [9.17, 15) is 4.39 Å². The van der Waals surface area contributed by atoms with E-state index in [1.165, 1.54) is 6.20 Å². The molecule has 0 spiro atoms. The lowest BCUT2D eigenvalue weighted by atomic mass is 10.1. The predicted molar refractivity (Wildman–Crippen MR) is 57.8 cm³/mol. The Morgan fingerprint density at radius 3 is 2.81 bits per heavy atom. The average molecular weight is 219 g/mol. The summed E-state index contributed by atoms with van der Waals surface area (Å²) in [4.78, 5) is 3.84. The summed E-state index contributed by atoms with van der Waals surface area (Å²) in [7, 11) is 1.54. The van der Waals surface area contributed by atoms with Gasteiger partial charge in [-0.3, -0.25) is 0 Å². The van der Waals surface area contributed by atoms with Gasteiger partial charge in [-0.2, -0.15) is 0 Å². The Bertz CT molecular complexity index is 514. The number of hydrogen-bond donors (Lipinski definition) is 1. The lowest BCUT2D eigenvalue weighted by Crippen LogP contribution is -1.90. The molecule has 0 atom stereocenters. The summed E-state index contributed by atoms with van der Waals surface area (Å²) in [6.07, 6.45) is 1.21. The summed E-state index contributed by atoms with van der Waals surface area (Å²) in [5.41, 5.74) is 0.800. The van der Waals surface area contributed by atoms with E-state index in [0.29, 0.717) is 11.3 Å². The van der Waals surface area contributed by atoms with Crippen molar-refractivity contribution in [3.63, 3.8) is 0 Å². The molecule has 1 heterocycles. The fraction of sp³-hybridized carbons (Fsp3) is 0.0833. The first-order valence-corrected chi connectivity index (χ1v) is 4.69. The van der Waals surface area contributed by atoms with Gasteiger partial charge in [-0.05, 0) is 12.1 Å². The first-order valence-electron chi connectivity index (χ1n) is 4.69. The normalized spacial score (nSPS) is 10.1. The number of aromatic hydroxyl groups is 1. The molecule has 0 amide bonds. The van der Waals surface area contributed by atoms with Crippen LogP contribution in [0.1, 0.15) is 0 Å². The van der Waals surface area contributed by atoms with E-state index < -0.39 is 5.82 Å². The van der Waals surface area contributed by atoms with Crippen LogP contribution in [0, 0.1) is 5.82 Å². The molecule has 2 rings (SSSR count). The van der Waals surface area contributed by atoms with Crippen molar-refractivity contribution < 1.29 is 14.2 Å². The summed E-state index contributed by atoms with van der Waals surface area (Å²) < 4.78 is 18.5. The van der Waals surface area contributed by atoms with Gasteiger partial charge in [0.25, 0.3) is 0 Å². The maximum atomic E-state index is 13.5. The van der Waals surface area contributed by atoms with Gasteiger partial charge in [0.15, 0.2) is 5.82 Å². The molecule has 0 unspecified atom stereocenters. The third kappa shape index (κ3) is 1.95. The lowest BCUT2D eigenvalue weighted by Gasteiger charge is -2.05. The number of hydrogen-bond acceptors (Lipinski definition) is 3. The van der Waals surface area contributed by atoms with Crippen molar-refractivity contribution in [2.24, 2.45) is 0 Å². The molecule has 0 aliphatic rings. The van der Waals surface area contributed by atoms with Crippen molar-refractivity contribution in [1.29, 1.82) is 0 Å². The highest BCUT2D eigenvalue weighted by atomic mass is 19.1. The first kappa shape index (κ1) is 10.4. The van der Waals surface area contributed by atoms with Crippen LogP contribution in [-0.4, -0.2) is 17.2 Å². The highest BCUT2D eigenvalue weighted by Gasteiger charge is 2.08. The highest BCUT2D eigenvalue weighted by molar-refractivity contribution is 5.62. The molecule has 1 aromatic heterocycles. The van der Waals surface area contributed by atoms with Crippen molar-refractivity contribution in [1.82, 2.24) is 4.98 Å². The maximum absolute atomic E-state index is 13.5. The fourth-order valence-corrected chi connectivity index (χ4v) is 1.41. The Kier molecular flexibility index (Phi) is 2.72. The predicted octanol–water partition coefficient (Wildman–Crippen LogP) is 2.60. The Balaban J connectivity index is 2.49. The van der Waals surface area contributed by atoms with E-state index in [1.807, 2.05) is 0 Å². The van der Waals surface area contributed by atoms with Gasteiger partial charge in [-0.15, -0.1) is 0 Å². The largest absolute Gasteiger partial charge is 0.506 e. The minimum atomic E-state index is -0.562. The minimum Gasteiger partial charge on any atom is -0.506 e. The van der Waals surface area contributed by atoms with Crippen molar-refractivity contribution >= 4 is 0 Å². The lowest BCUT2D eigenvalue weighted by molar-refractivity contribution is 0.415. The van der Waals surface area contributed by atoms with Gasteiger partial charge >= 0.3 is 0 Å². The number of benzene rings is 1. The molecule has 0 aliphatic heterocycles. The highest BCUT2D eigenvalue weighted by Crippen LogP contribution is 2.25. The Morgan fingerprint density at radius 2 is 2.12 bits per heavy atom. The summed E-state index contributed by atoms with van der Waals surface area (Å²) in [6.45, 7) is 0. The monoisotopic (exact) mass is 219 g/mol. The molecule has 2 aromatic rings. The Hall–Kier alpha value is -2.10. The molecule has 16 heavy (non-hydrogen) atoms. The van der Waals surface area contributed by atoms with Crippen LogP contribution in [0.5, 0.6) is 11.5 Å². The number of aromatic nitrogens is 1. The number of nitrogens with zero attached hydrogens (tertiary/aromatic N) is 1. The molecule has 0 aliphatic carbocycles. The number of halogens is 1. The van der Waals surface area contributed by atoms with Crippen LogP contribution < -0.4 is 4.74 Å². The van der Waals surface area contributed by atoms with E-state index in [2.05, 4.69) is 4.98 Å². The molecule has 1 N–H and O–H groups in total. The molecule has 3 nitrogen and oxygen atoms in total. The van der Waals surface area contributed by atoms with Gasteiger partial charge < -0.3 is 9.84 Å². The molecule has 1 aromatic carbocycles. The van der Waals surface area contributed by atoms with Gasteiger partial charge in [0, 0.05) is 11.6 Å². The molecular formula is C12H10FNO2. The molecule has 0 saturated carbocycles. The standard InChI is InChI=1S/C12H10FNO2/c1-16-10-4-2-3-8(5-10)12-11(13)6-9(15)7-14-12/h2-7,15H,1H3. The SMILES string of the molecule is COc1cccc(-c2ncc(O)cc2F)c1. The second-order valence-electron chi connectivity index (χ2n) is 3.26. The van der Waals surface area contributed by atoms with Crippen molar-refractivity contribution in [2.75, 3.05) is 7.11 Å². The number of ether oxygens (including phenoxy) is 1. The topological polar surface area (TPSA) is 42.4 Å². The van der Waals surface area contributed by atoms with Crippen LogP contribution in [0.25, 0.3) is 11.3 Å². The van der Waals surface area contributed by atoms with Gasteiger partial charge in [-0.1, -0.05) is 12.1 Å². The smallest absolute Gasteiger partial charge is 0.153 e. The van der Waals surface area contributed by atoms with E-state index in [4.69, 9.17) is 9.84 Å². The van der Waals surface area contributed by atoms with Crippen LogP contribution >= 0.6 is 0 Å². The molecule has 0 saturated heterocycles. The van der Waals surface area contributed by atoms with Crippen LogP contribution in [0.15, 0.2) is 36.5 Å². The van der Waals surface area contributed by atoms with Gasteiger partial charge in [0.2, 0.25) is 0 Å². The number of methoxy groups -OCH3 is 1. The third-order valence-corrected chi connectivity index (χ3v) is 2.17. The van der Waals surface area contributed by atoms with E-state index in [0.717, 1.165) is 6.07 Å². The van der Waals surface area contributed by atoms with Gasteiger partial charge in [-0.25, -0.2) is 9.37 Å². The molecule has 4 heteroatoms. The zero-order valence-corrected chi connectivity index (χ0v) is 8.64. The van der Waals surface area contributed by atoms with Crippen LogP contribution in [-0.2, 0) is 0 Å². The van der Waals surface area contributed by atoms with E-state index >= 15 is 0 Å². The van der Waals surface area contributed by atoms with Crippen molar-refractivity contribution in [3.05, 3.63) is 42.3 Å². The summed E-state index contributed by atoms with van der Waals surface area (Å²) in [5, 5.41) is 9.06. The second-order valence-corrected chi connectivity index (χ2v) is 3.26. The summed E-state index contributed by atoms with van der Waals surface area (Å²) in [5.74, 6) is -0.121. The van der Waals surface area contributed by atoms with E-state index in [-0.39, 0.29) is 11.4 Å². The van der Waals surface area contributed by atoms with Gasteiger partial charge in [0.1, 0.15) is 17.2 Å². The van der Waals surface area contributed by atoms with Gasteiger partial charge in [0.05, 0.1) is 13.3 Å². The molecule has 0 bridgehead atoms. The molecule has 0 fully saturated rings. The van der Waals surface area contributed by atoms with Crippen LogP contribution in [0.2, 0.25) is 0 Å². The summed E-state index contributed by atoms with van der Waals surface area (Å²) >= 11 is 0. The minimum absolute atomic E-state index is 0.191. The van der Waals surface area contributed by atoms with E-state index in [1.54, 1.807) is 31.4 Å². The molecule has 82 valence electrons.